The summed E-state index contributed by atoms with van der Waals surface area (Å²) in [6.45, 7) is 4.97. The van der Waals surface area contributed by atoms with Crippen molar-refractivity contribution >= 4 is 0 Å². The highest BCUT2D eigenvalue weighted by atomic mass is 14.8. The summed E-state index contributed by atoms with van der Waals surface area (Å²) in [4.78, 5) is 0. The largest absolute Gasteiger partial charge is 0.317 e. The van der Waals surface area contributed by atoms with Crippen LogP contribution in [-0.4, -0.2) is 13.1 Å². The van der Waals surface area contributed by atoms with Crippen molar-refractivity contribution in [1.82, 2.24) is 5.32 Å². The highest BCUT2D eigenvalue weighted by Gasteiger charge is 2.18. The minimum atomic E-state index is 0.992. The SMILES string of the molecule is CC1CCCC(CCNCCC2CCCCC2)C1. The van der Waals surface area contributed by atoms with Gasteiger partial charge >= 0.3 is 0 Å². The monoisotopic (exact) mass is 251 g/mol. The van der Waals surface area contributed by atoms with E-state index < -0.39 is 0 Å². The normalized spacial score (nSPS) is 30.5. The van der Waals surface area contributed by atoms with Gasteiger partial charge in [0.05, 0.1) is 0 Å². The molecule has 0 aromatic carbocycles. The van der Waals surface area contributed by atoms with Gasteiger partial charge < -0.3 is 5.32 Å². The van der Waals surface area contributed by atoms with Crippen molar-refractivity contribution < 1.29 is 0 Å². The maximum Gasteiger partial charge on any atom is -0.00463 e. The third-order valence-corrected chi connectivity index (χ3v) is 5.23. The Bertz CT molecular complexity index is 208. The average Bonchev–Trinajstić information content (AvgIpc) is 2.40. The minimum Gasteiger partial charge on any atom is -0.317 e. The Morgan fingerprint density at radius 3 is 2.17 bits per heavy atom. The van der Waals surface area contributed by atoms with Gasteiger partial charge in [0.25, 0.3) is 0 Å². The number of hydrogen-bond acceptors (Lipinski definition) is 1. The second-order valence-electron chi connectivity index (χ2n) is 6.97. The molecule has 1 nitrogen and oxygen atoms in total. The molecular weight excluding hydrogens is 218 g/mol. The lowest BCUT2D eigenvalue weighted by Crippen LogP contribution is -2.23. The highest BCUT2D eigenvalue weighted by molar-refractivity contribution is 4.72. The van der Waals surface area contributed by atoms with Crippen molar-refractivity contribution in [1.29, 1.82) is 0 Å². The maximum atomic E-state index is 3.69. The molecule has 18 heavy (non-hydrogen) atoms. The lowest BCUT2D eigenvalue weighted by atomic mass is 9.81. The number of nitrogens with one attached hydrogen (secondary N) is 1. The molecule has 2 rings (SSSR count). The molecule has 2 saturated carbocycles. The third kappa shape index (κ3) is 5.30. The fourth-order valence-electron chi connectivity index (χ4n) is 4.04. The molecule has 2 unspecified atom stereocenters. The van der Waals surface area contributed by atoms with Gasteiger partial charge in [0, 0.05) is 0 Å². The molecule has 0 aromatic heterocycles. The zero-order chi connectivity index (χ0) is 12.6. The van der Waals surface area contributed by atoms with Crippen LogP contribution in [0.3, 0.4) is 0 Å². The van der Waals surface area contributed by atoms with Gasteiger partial charge in [-0.3, -0.25) is 0 Å². The van der Waals surface area contributed by atoms with Crippen molar-refractivity contribution in [2.75, 3.05) is 13.1 Å². The van der Waals surface area contributed by atoms with Crippen LogP contribution in [-0.2, 0) is 0 Å². The molecule has 0 amide bonds. The zero-order valence-corrected chi connectivity index (χ0v) is 12.4. The molecule has 2 aliphatic rings. The first-order chi connectivity index (χ1) is 8.84. The van der Waals surface area contributed by atoms with E-state index in [2.05, 4.69) is 12.2 Å². The third-order valence-electron chi connectivity index (χ3n) is 5.23. The second-order valence-corrected chi connectivity index (χ2v) is 6.97. The molecule has 0 aliphatic heterocycles. The fourth-order valence-corrected chi connectivity index (χ4v) is 4.04. The van der Waals surface area contributed by atoms with E-state index in [1.165, 1.54) is 83.7 Å². The van der Waals surface area contributed by atoms with E-state index in [-0.39, 0.29) is 0 Å². The first kappa shape index (κ1) is 14.4. The predicted molar refractivity (Wildman–Crippen MR) is 79.8 cm³/mol. The maximum absolute atomic E-state index is 3.69. The van der Waals surface area contributed by atoms with E-state index >= 15 is 0 Å². The van der Waals surface area contributed by atoms with Crippen LogP contribution < -0.4 is 5.32 Å². The Labute approximate surface area is 114 Å². The lowest BCUT2D eigenvalue weighted by molar-refractivity contribution is 0.265. The van der Waals surface area contributed by atoms with Crippen LogP contribution in [0, 0.1) is 17.8 Å². The van der Waals surface area contributed by atoms with Crippen LogP contribution in [0.15, 0.2) is 0 Å². The molecule has 2 fully saturated rings. The van der Waals surface area contributed by atoms with Crippen LogP contribution in [0.25, 0.3) is 0 Å². The minimum absolute atomic E-state index is 0.992. The molecule has 0 spiro atoms. The quantitative estimate of drug-likeness (QED) is 0.671. The van der Waals surface area contributed by atoms with E-state index in [0.29, 0.717) is 0 Å². The summed E-state index contributed by atoms with van der Waals surface area (Å²) >= 11 is 0. The molecule has 106 valence electrons. The summed E-state index contributed by atoms with van der Waals surface area (Å²) < 4.78 is 0. The van der Waals surface area contributed by atoms with Gasteiger partial charge in [-0.15, -0.1) is 0 Å². The standard InChI is InChI=1S/C17H33N/c1-15-6-5-9-17(14-15)11-13-18-12-10-16-7-3-2-4-8-16/h15-18H,2-14H2,1H3. The fraction of sp³-hybridized carbons (Fsp3) is 1.00. The zero-order valence-electron chi connectivity index (χ0n) is 12.4. The summed E-state index contributed by atoms with van der Waals surface area (Å²) in [5.41, 5.74) is 0. The van der Waals surface area contributed by atoms with Gasteiger partial charge in [0.15, 0.2) is 0 Å². The van der Waals surface area contributed by atoms with E-state index in [1.807, 2.05) is 0 Å². The summed E-state index contributed by atoms with van der Waals surface area (Å²) in [7, 11) is 0. The van der Waals surface area contributed by atoms with Crippen molar-refractivity contribution in [2.24, 2.45) is 17.8 Å². The molecule has 0 aromatic rings. The van der Waals surface area contributed by atoms with E-state index in [1.54, 1.807) is 0 Å². The molecule has 1 N–H and O–H groups in total. The van der Waals surface area contributed by atoms with Crippen LogP contribution >= 0.6 is 0 Å². The van der Waals surface area contributed by atoms with Crippen LogP contribution in [0.5, 0.6) is 0 Å². The molecule has 0 saturated heterocycles. The van der Waals surface area contributed by atoms with Crippen LogP contribution in [0.2, 0.25) is 0 Å². The lowest BCUT2D eigenvalue weighted by Gasteiger charge is -2.27. The molecule has 0 heterocycles. The molecule has 1 heteroatoms. The van der Waals surface area contributed by atoms with Crippen molar-refractivity contribution in [3.8, 4) is 0 Å². The number of hydrogen-bond donors (Lipinski definition) is 1. The van der Waals surface area contributed by atoms with Gasteiger partial charge in [-0.1, -0.05) is 58.3 Å². The van der Waals surface area contributed by atoms with Gasteiger partial charge in [-0.25, -0.2) is 0 Å². The summed E-state index contributed by atoms with van der Waals surface area (Å²) in [5.74, 6) is 3.06. The van der Waals surface area contributed by atoms with Crippen molar-refractivity contribution in [3.63, 3.8) is 0 Å². The second kappa shape index (κ2) is 8.19. The Morgan fingerprint density at radius 2 is 1.44 bits per heavy atom. The molecular formula is C17H33N. The first-order valence-corrected chi connectivity index (χ1v) is 8.55. The predicted octanol–water partition coefficient (Wildman–Crippen LogP) is 4.76. The molecule has 0 bridgehead atoms. The summed E-state index contributed by atoms with van der Waals surface area (Å²) in [6.07, 6.45) is 16.3. The van der Waals surface area contributed by atoms with E-state index in [0.717, 1.165) is 17.8 Å². The van der Waals surface area contributed by atoms with Crippen molar-refractivity contribution in [2.45, 2.75) is 77.6 Å². The van der Waals surface area contributed by atoms with Gasteiger partial charge in [-0.05, 0) is 50.1 Å². The smallest absolute Gasteiger partial charge is 0.00463 e. The topological polar surface area (TPSA) is 12.0 Å². The van der Waals surface area contributed by atoms with Crippen LogP contribution in [0.1, 0.15) is 77.6 Å². The molecule has 2 atom stereocenters. The highest BCUT2D eigenvalue weighted by Crippen LogP contribution is 2.30. The molecule has 2 aliphatic carbocycles. The average molecular weight is 251 g/mol. The summed E-state index contributed by atoms with van der Waals surface area (Å²) in [6, 6.07) is 0. The Kier molecular flexibility index (Phi) is 6.54. The van der Waals surface area contributed by atoms with Crippen LogP contribution in [0.4, 0.5) is 0 Å². The van der Waals surface area contributed by atoms with E-state index in [4.69, 9.17) is 0 Å². The Balaban J connectivity index is 1.45. The van der Waals surface area contributed by atoms with E-state index in [9.17, 15) is 0 Å². The first-order valence-electron chi connectivity index (χ1n) is 8.55. The summed E-state index contributed by atoms with van der Waals surface area (Å²) in [5, 5.41) is 3.69. The van der Waals surface area contributed by atoms with Gasteiger partial charge in [0.2, 0.25) is 0 Å². The van der Waals surface area contributed by atoms with Gasteiger partial charge in [-0.2, -0.15) is 0 Å². The molecule has 0 radical (unpaired) electrons. The van der Waals surface area contributed by atoms with Gasteiger partial charge in [0.1, 0.15) is 0 Å². The Hall–Kier alpha value is -0.0400. The number of rotatable bonds is 6. The Morgan fingerprint density at radius 1 is 0.778 bits per heavy atom. The van der Waals surface area contributed by atoms with Crippen molar-refractivity contribution in [3.05, 3.63) is 0 Å².